The van der Waals surface area contributed by atoms with E-state index in [-0.39, 0.29) is 11.8 Å². The fourth-order valence-electron chi connectivity index (χ4n) is 2.60. The molecule has 1 N–H and O–H groups in total. The van der Waals surface area contributed by atoms with E-state index < -0.39 is 9.84 Å². The second-order valence-corrected chi connectivity index (χ2v) is 7.55. The number of aryl methyl sites for hydroxylation is 2. The molecule has 19 heavy (non-hydrogen) atoms. The molecule has 106 valence electrons. The van der Waals surface area contributed by atoms with Crippen molar-refractivity contribution in [2.24, 2.45) is 5.92 Å². The van der Waals surface area contributed by atoms with Gasteiger partial charge in [0.2, 0.25) is 0 Å². The molecule has 3 nitrogen and oxygen atoms in total. The van der Waals surface area contributed by atoms with Gasteiger partial charge in [0.15, 0.2) is 9.84 Å². The number of hydrogen-bond donors (Lipinski definition) is 1. The predicted octanol–water partition coefficient (Wildman–Crippen LogP) is 2.47. The van der Waals surface area contributed by atoms with E-state index in [9.17, 15) is 8.42 Å². The number of nitrogens with one attached hydrogen (secondary N) is 1. The molecular weight excluding hydrogens is 258 g/mol. The van der Waals surface area contributed by atoms with Crippen LogP contribution < -0.4 is 5.32 Å². The van der Waals surface area contributed by atoms with Gasteiger partial charge in [0, 0.05) is 6.04 Å². The molecule has 0 saturated heterocycles. The summed E-state index contributed by atoms with van der Waals surface area (Å²) in [6.07, 6.45) is 2.31. The van der Waals surface area contributed by atoms with Crippen molar-refractivity contribution in [1.29, 1.82) is 0 Å². The standard InChI is InChI=1S/C15H23NO2S/c1-4-16-14(13-6-7-13)10-19(17,18)15-8-5-11(2)9-12(15)3/h5,8-9,13-14,16H,4,6-7,10H2,1-3H3. The molecule has 1 atom stereocenters. The molecule has 0 aromatic heterocycles. The molecule has 2 rings (SSSR count). The Balaban J connectivity index is 2.21. The molecule has 1 saturated carbocycles. The molecule has 1 fully saturated rings. The van der Waals surface area contributed by atoms with Crippen molar-refractivity contribution in [2.45, 2.75) is 44.6 Å². The number of rotatable bonds is 6. The molecule has 0 radical (unpaired) electrons. The maximum Gasteiger partial charge on any atom is 0.180 e. The number of sulfone groups is 1. The van der Waals surface area contributed by atoms with E-state index >= 15 is 0 Å². The highest BCUT2D eigenvalue weighted by molar-refractivity contribution is 7.91. The monoisotopic (exact) mass is 281 g/mol. The minimum atomic E-state index is -3.20. The Morgan fingerprint density at radius 1 is 1.32 bits per heavy atom. The van der Waals surface area contributed by atoms with Crippen LogP contribution in [0, 0.1) is 19.8 Å². The quantitative estimate of drug-likeness (QED) is 0.871. The van der Waals surface area contributed by atoms with E-state index in [1.807, 2.05) is 32.9 Å². The van der Waals surface area contributed by atoms with E-state index in [0.29, 0.717) is 10.8 Å². The van der Waals surface area contributed by atoms with Crippen LogP contribution >= 0.6 is 0 Å². The van der Waals surface area contributed by atoms with Crippen LogP contribution in [0.3, 0.4) is 0 Å². The summed E-state index contributed by atoms with van der Waals surface area (Å²) in [4.78, 5) is 0.488. The van der Waals surface area contributed by atoms with Gasteiger partial charge in [-0.2, -0.15) is 0 Å². The molecule has 0 amide bonds. The van der Waals surface area contributed by atoms with Gasteiger partial charge in [-0.25, -0.2) is 8.42 Å². The lowest BCUT2D eigenvalue weighted by atomic mass is 10.2. The van der Waals surface area contributed by atoms with Gasteiger partial charge in [0.05, 0.1) is 10.6 Å². The average molecular weight is 281 g/mol. The van der Waals surface area contributed by atoms with E-state index in [1.165, 1.54) is 0 Å². The molecule has 0 heterocycles. The van der Waals surface area contributed by atoms with Crippen molar-refractivity contribution in [1.82, 2.24) is 5.32 Å². The van der Waals surface area contributed by atoms with Gasteiger partial charge in [-0.1, -0.05) is 24.6 Å². The van der Waals surface area contributed by atoms with Crippen molar-refractivity contribution in [3.63, 3.8) is 0 Å². The van der Waals surface area contributed by atoms with Crippen LogP contribution in [-0.4, -0.2) is 26.8 Å². The second-order valence-electron chi connectivity index (χ2n) is 5.55. The second kappa shape index (κ2) is 5.63. The molecule has 4 heteroatoms. The van der Waals surface area contributed by atoms with Crippen LogP contribution in [0.1, 0.15) is 30.9 Å². The summed E-state index contributed by atoms with van der Waals surface area (Å²) in [6.45, 7) is 6.71. The molecule has 1 aliphatic rings. The van der Waals surface area contributed by atoms with Gasteiger partial charge in [0.1, 0.15) is 0 Å². The zero-order chi connectivity index (χ0) is 14.0. The van der Waals surface area contributed by atoms with Gasteiger partial charge >= 0.3 is 0 Å². The van der Waals surface area contributed by atoms with Crippen LogP contribution in [0.4, 0.5) is 0 Å². The van der Waals surface area contributed by atoms with Gasteiger partial charge in [-0.05, 0) is 50.8 Å². The van der Waals surface area contributed by atoms with Crippen molar-refractivity contribution < 1.29 is 8.42 Å². The molecule has 1 aromatic rings. The highest BCUT2D eigenvalue weighted by Gasteiger charge is 2.34. The lowest BCUT2D eigenvalue weighted by Gasteiger charge is -2.18. The molecule has 0 aliphatic heterocycles. The van der Waals surface area contributed by atoms with E-state index in [1.54, 1.807) is 6.07 Å². The molecular formula is C15H23NO2S. The molecule has 0 bridgehead atoms. The first-order chi connectivity index (χ1) is 8.94. The van der Waals surface area contributed by atoms with Crippen LogP contribution in [0.25, 0.3) is 0 Å². The van der Waals surface area contributed by atoms with Crippen LogP contribution in [0.5, 0.6) is 0 Å². The summed E-state index contributed by atoms with van der Waals surface area (Å²) >= 11 is 0. The Morgan fingerprint density at radius 2 is 2.00 bits per heavy atom. The first-order valence-corrected chi connectivity index (χ1v) is 8.62. The molecule has 0 spiro atoms. The van der Waals surface area contributed by atoms with Gasteiger partial charge in [-0.3, -0.25) is 0 Å². The van der Waals surface area contributed by atoms with Gasteiger partial charge < -0.3 is 5.32 Å². The van der Waals surface area contributed by atoms with Crippen molar-refractivity contribution in [3.05, 3.63) is 29.3 Å². The first kappa shape index (κ1) is 14.5. The highest BCUT2D eigenvalue weighted by Crippen LogP contribution is 2.34. The third-order valence-electron chi connectivity index (χ3n) is 3.72. The highest BCUT2D eigenvalue weighted by atomic mass is 32.2. The fourth-order valence-corrected chi connectivity index (χ4v) is 4.46. The maximum absolute atomic E-state index is 12.5. The van der Waals surface area contributed by atoms with Crippen molar-refractivity contribution in [3.8, 4) is 0 Å². The fraction of sp³-hybridized carbons (Fsp3) is 0.600. The lowest BCUT2D eigenvalue weighted by molar-refractivity contribution is 0.502. The van der Waals surface area contributed by atoms with E-state index in [2.05, 4.69) is 5.32 Å². The maximum atomic E-state index is 12.5. The Kier molecular flexibility index (Phi) is 4.31. The number of benzene rings is 1. The lowest BCUT2D eigenvalue weighted by Crippen LogP contribution is -2.37. The van der Waals surface area contributed by atoms with Crippen LogP contribution in [0.15, 0.2) is 23.1 Å². The van der Waals surface area contributed by atoms with Gasteiger partial charge in [-0.15, -0.1) is 0 Å². The van der Waals surface area contributed by atoms with E-state index in [4.69, 9.17) is 0 Å². The molecule has 1 aliphatic carbocycles. The predicted molar refractivity (Wildman–Crippen MR) is 78.2 cm³/mol. The minimum Gasteiger partial charge on any atom is -0.313 e. The van der Waals surface area contributed by atoms with Crippen molar-refractivity contribution in [2.75, 3.05) is 12.3 Å². The zero-order valence-electron chi connectivity index (χ0n) is 11.9. The molecule has 1 aromatic carbocycles. The largest absolute Gasteiger partial charge is 0.313 e. The topological polar surface area (TPSA) is 46.2 Å². The summed E-state index contributed by atoms with van der Waals surface area (Å²) in [5.41, 5.74) is 1.95. The van der Waals surface area contributed by atoms with E-state index in [0.717, 1.165) is 30.5 Å². The Bertz CT molecular complexity index is 547. The molecule has 1 unspecified atom stereocenters. The average Bonchev–Trinajstić information content (AvgIpc) is 3.11. The summed E-state index contributed by atoms with van der Waals surface area (Å²) in [5, 5.41) is 3.32. The normalized spacial score (nSPS) is 17.4. The third-order valence-corrected chi connectivity index (χ3v) is 5.65. The Hall–Kier alpha value is -0.870. The van der Waals surface area contributed by atoms with Crippen molar-refractivity contribution >= 4 is 9.84 Å². The summed E-state index contributed by atoms with van der Waals surface area (Å²) in [6, 6.07) is 5.66. The number of hydrogen-bond acceptors (Lipinski definition) is 3. The summed E-state index contributed by atoms with van der Waals surface area (Å²) in [5.74, 6) is 0.760. The zero-order valence-corrected chi connectivity index (χ0v) is 12.8. The summed E-state index contributed by atoms with van der Waals surface area (Å²) in [7, 11) is -3.20. The minimum absolute atomic E-state index is 0.107. The van der Waals surface area contributed by atoms with Gasteiger partial charge in [0.25, 0.3) is 0 Å². The summed E-state index contributed by atoms with van der Waals surface area (Å²) < 4.78 is 25.1. The Morgan fingerprint density at radius 3 is 2.53 bits per heavy atom. The van der Waals surface area contributed by atoms with Crippen LogP contribution in [0.2, 0.25) is 0 Å². The Labute approximate surface area is 116 Å². The third kappa shape index (κ3) is 3.57. The smallest absolute Gasteiger partial charge is 0.180 e. The van der Waals surface area contributed by atoms with Crippen LogP contribution in [-0.2, 0) is 9.84 Å². The SMILES string of the molecule is CCNC(CS(=O)(=O)c1ccc(C)cc1C)C1CC1. The first-order valence-electron chi connectivity index (χ1n) is 6.97.